The fourth-order valence-electron chi connectivity index (χ4n) is 2.00. The van der Waals surface area contributed by atoms with E-state index in [4.69, 9.17) is 4.74 Å². The van der Waals surface area contributed by atoms with Crippen LogP contribution in [0.3, 0.4) is 0 Å². The quantitative estimate of drug-likeness (QED) is 0.647. The zero-order valence-corrected chi connectivity index (χ0v) is 10.8. The Morgan fingerprint density at radius 2 is 1.90 bits per heavy atom. The molecule has 8 nitrogen and oxygen atoms in total. The first-order chi connectivity index (χ1) is 10.1. The summed E-state index contributed by atoms with van der Waals surface area (Å²) in [6.07, 6.45) is 1.91. The van der Waals surface area contributed by atoms with Gasteiger partial charge >= 0.3 is 11.5 Å². The molecule has 21 heavy (non-hydrogen) atoms. The van der Waals surface area contributed by atoms with Gasteiger partial charge in [-0.05, 0) is 23.8 Å². The molecule has 0 spiro atoms. The molecule has 3 rings (SSSR count). The van der Waals surface area contributed by atoms with Crippen LogP contribution in [-0.2, 0) is 0 Å². The molecule has 1 aliphatic carbocycles. The number of nitrogens with zero attached hydrogens (tertiary/aromatic N) is 1. The minimum Gasteiger partial charge on any atom is -0.490 e. The van der Waals surface area contributed by atoms with Crippen LogP contribution in [-0.4, -0.2) is 21.0 Å². The third-order valence-corrected chi connectivity index (χ3v) is 3.08. The number of para-hydroxylation sites is 1. The maximum Gasteiger partial charge on any atom is 0.413 e. The van der Waals surface area contributed by atoms with Crippen molar-refractivity contribution in [3.8, 4) is 16.9 Å². The number of ether oxygens (including phenoxy) is 1. The van der Waals surface area contributed by atoms with Gasteiger partial charge in [0.15, 0.2) is 0 Å². The lowest BCUT2D eigenvalue weighted by atomic mass is 10.1. The van der Waals surface area contributed by atoms with Gasteiger partial charge in [0.1, 0.15) is 11.3 Å². The summed E-state index contributed by atoms with van der Waals surface area (Å²) in [4.78, 5) is 37.6. The largest absolute Gasteiger partial charge is 0.490 e. The number of aromatic amines is 2. The Labute approximate surface area is 117 Å². The summed E-state index contributed by atoms with van der Waals surface area (Å²) in [7, 11) is 0. The average Bonchev–Trinajstić information content (AvgIpc) is 3.23. The van der Waals surface area contributed by atoms with Crippen molar-refractivity contribution in [2.24, 2.45) is 0 Å². The van der Waals surface area contributed by atoms with E-state index in [0.717, 1.165) is 12.8 Å². The molecule has 0 atom stereocenters. The molecule has 0 aliphatic heterocycles. The molecule has 1 aromatic carbocycles. The molecule has 0 radical (unpaired) electrons. The zero-order valence-electron chi connectivity index (χ0n) is 10.8. The topological polar surface area (TPSA) is 118 Å². The van der Waals surface area contributed by atoms with Crippen molar-refractivity contribution in [3.63, 3.8) is 0 Å². The standard InChI is InChI=1S/C13H11N3O5/c17-12-10(11(16(19)20)14-13(18)15-12)8-3-1-2-4-9(8)21-7-5-6-7/h1-4,7H,5-6H2,(H2,14,15,17,18). The Balaban J connectivity index is 2.23. The zero-order chi connectivity index (χ0) is 15.0. The molecule has 1 aliphatic rings. The van der Waals surface area contributed by atoms with Gasteiger partial charge in [-0.1, -0.05) is 18.2 Å². The average molecular weight is 289 g/mol. The number of benzene rings is 1. The Hall–Kier alpha value is -2.90. The van der Waals surface area contributed by atoms with Gasteiger partial charge in [-0.2, -0.15) is 4.98 Å². The molecule has 1 fully saturated rings. The minimum atomic E-state index is -0.920. The van der Waals surface area contributed by atoms with Crippen LogP contribution in [0.2, 0.25) is 0 Å². The van der Waals surface area contributed by atoms with Gasteiger partial charge in [-0.15, -0.1) is 0 Å². The van der Waals surface area contributed by atoms with E-state index >= 15 is 0 Å². The van der Waals surface area contributed by atoms with Gasteiger partial charge in [0.05, 0.1) is 6.10 Å². The molecule has 108 valence electrons. The summed E-state index contributed by atoms with van der Waals surface area (Å²) in [5.41, 5.74) is -1.67. The molecule has 0 bridgehead atoms. The fourth-order valence-corrected chi connectivity index (χ4v) is 2.00. The highest BCUT2D eigenvalue weighted by molar-refractivity contribution is 5.75. The van der Waals surface area contributed by atoms with E-state index in [1.165, 1.54) is 0 Å². The Kier molecular flexibility index (Phi) is 3.05. The van der Waals surface area contributed by atoms with Crippen molar-refractivity contribution in [1.82, 2.24) is 9.97 Å². The van der Waals surface area contributed by atoms with Gasteiger partial charge in [0.25, 0.3) is 5.56 Å². The maximum atomic E-state index is 12.0. The molecule has 1 aromatic heterocycles. The number of hydrogen-bond acceptors (Lipinski definition) is 5. The molecule has 2 N–H and O–H groups in total. The second-order valence-corrected chi connectivity index (χ2v) is 4.70. The number of nitro groups is 1. The van der Waals surface area contributed by atoms with E-state index in [2.05, 4.69) is 0 Å². The van der Waals surface area contributed by atoms with Crippen LogP contribution in [0.25, 0.3) is 11.1 Å². The smallest absolute Gasteiger partial charge is 0.413 e. The van der Waals surface area contributed by atoms with Crippen molar-refractivity contribution in [2.75, 3.05) is 0 Å². The predicted octanol–water partition coefficient (Wildman–Crippen LogP) is 1.18. The minimum absolute atomic E-state index is 0.0760. The number of aromatic nitrogens is 2. The van der Waals surface area contributed by atoms with Gasteiger partial charge in [0, 0.05) is 5.56 Å². The van der Waals surface area contributed by atoms with Gasteiger partial charge in [-0.25, -0.2) is 4.79 Å². The molecule has 1 saturated carbocycles. The fraction of sp³-hybridized carbons (Fsp3) is 0.231. The highest BCUT2D eigenvalue weighted by Crippen LogP contribution is 2.35. The van der Waals surface area contributed by atoms with E-state index in [1.807, 2.05) is 9.97 Å². The summed E-state index contributed by atoms with van der Waals surface area (Å²) < 4.78 is 5.66. The summed E-state index contributed by atoms with van der Waals surface area (Å²) in [5.74, 6) is -0.253. The summed E-state index contributed by atoms with van der Waals surface area (Å²) in [6, 6.07) is 6.55. The highest BCUT2D eigenvalue weighted by atomic mass is 16.6. The van der Waals surface area contributed by atoms with E-state index in [0.29, 0.717) is 5.75 Å². The third-order valence-electron chi connectivity index (χ3n) is 3.08. The van der Waals surface area contributed by atoms with Gasteiger partial charge in [-0.3, -0.25) is 9.78 Å². The highest BCUT2D eigenvalue weighted by Gasteiger charge is 2.27. The van der Waals surface area contributed by atoms with Crippen LogP contribution in [0.15, 0.2) is 33.9 Å². The van der Waals surface area contributed by atoms with Crippen molar-refractivity contribution < 1.29 is 9.66 Å². The lowest BCUT2D eigenvalue weighted by Gasteiger charge is -2.10. The summed E-state index contributed by atoms with van der Waals surface area (Å²) in [6.45, 7) is 0. The molecular weight excluding hydrogens is 278 g/mol. The van der Waals surface area contributed by atoms with Crippen molar-refractivity contribution in [1.29, 1.82) is 0 Å². The monoisotopic (exact) mass is 289 g/mol. The number of H-pyrrole nitrogens is 2. The van der Waals surface area contributed by atoms with Crippen molar-refractivity contribution in [2.45, 2.75) is 18.9 Å². The molecular formula is C13H11N3O5. The SMILES string of the molecule is O=c1[nH]c([N+](=O)[O-])c(-c2ccccc2OC2CC2)c(=O)[nH]1. The molecule has 2 aromatic rings. The first-order valence-electron chi connectivity index (χ1n) is 6.33. The molecule has 0 amide bonds. The lowest BCUT2D eigenvalue weighted by molar-refractivity contribution is -0.389. The summed E-state index contributed by atoms with van der Waals surface area (Å²) in [5, 5.41) is 11.1. The second kappa shape index (κ2) is 4.89. The Morgan fingerprint density at radius 1 is 1.19 bits per heavy atom. The predicted molar refractivity (Wildman–Crippen MR) is 73.4 cm³/mol. The molecule has 0 saturated heterocycles. The number of rotatable bonds is 4. The van der Waals surface area contributed by atoms with E-state index < -0.39 is 22.0 Å². The second-order valence-electron chi connectivity index (χ2n) is 4.70. The summed E-state index contributed by atoms with van der Waals surface area (Å²) >= 11 is 0. The van der Waals surface area contributed by atoms with Crippen LogP contribution in [0.1, 0.15) is 12.8 Å². The normalized spacial score (nSPS) is 13.9. The van der Waals surface area contributed by atoms with E-state index in [1.54, 1.807) is 24.3 Å². The molecule has 1 heterocycles. The van der Waals surface area contributed by atoms with E-state index in [-0.39, 0.29) is 17.2 Å². The first-order valence-corrected chi connectivity index (χ1v) is 6.33. The number of nitrogens with one attached hydrogen (secondary N) is 2. The Bertz CT molecular complexity index is 819. The molecule has 8 heteroatoms. The van der Waals surface area contributed by atoms with Gasteiger partial charge < -0.3 is 14.9 Å². The Morgan fingerprint density at radius 3 is 2.57 bits per heavy atom. The van der Waals surface area contributed by atoms with E-state index in [9.17, 15) is 19.7 Å². The molecule has 0 unspecified atom stereocenters. The third kappa shape index (κ3) is 2.55. The van der Waals surface area contributed by atoms with Crippen LogP contribution in [0.5, 0.6) is 5.75 Å². The van der Waals surface area contributed by atoms with Gasteiger partial charge in [0.2, 0.25) is 0 Å². The maximum absolute atomic E-state index is 12.0. The van der Waals surface area contributed by atoms with Crippen LogP contribution >= 0.6 is 0 Å². The van der Waals surface area contributed by atoms with Crippen LogP contribution in [0, 0.1) is 10.1 Å². The van der Waals surface area contributed by atoms with Crippen LogP contribution < -0.4 is 16.0 Å². The number of hydrogen-bond donors (Lipinski definition) is 2. The van der Waals surface area contributed by atoms with Crippen molar-refractivity contribution >= 4 is 5.82 Å². The van der Waals surface area contributed by atoms with Crippen molar-refractivity contribution in [3.05, 3.63) is 55.2 Å². The van der Waals surface area contributed by atoms with Crippen LogP contribution in [0.4, 0.5) is 5.82 Å². The lowest BCUT2D eigenvalue weighted by Crippen LogP contribution is -2.25. The first kappa shape index (κ1) is 13.1.